The quantitative estimate of drug-likeness (QED) is 0.632. The first-order chi connectivity index (χ1) is 10.7. The number of esters is 1. The first kappa shape index (κ1) is 19.4. The fourth-order valence-electron chi connectivity index (χ4n) is 1.65. The van der Waals surface area contributed by atoms with Crippen molar-refractivity contribution in [3.05, 3.63) is 35.9 Å². The highest BCUT2D eigenvalue weighted by molar-refractivity contribution is 8.01. The van der Waals surface area contributed by atoms with Gasteiger partial charge < -0.3 is 9.47 Å². The van der Waals surface area contributed by atoms with Crippen LogP contribution in [-0.4, -0.2) is 28.3 Å². The second-order valence-electron chi connectivity index (χ2n) is 6.30. The third kappa shape index (κ3) is 8.50. The maximum Gasteiger partial charge on any atom is 0.408 e. The van der Waals surface area contributed by atoms with Gasteiger partial charge in [0.15, 0.2) is 5.37 Å². The van der Waals surface area contributed by atoms with Crippen LogP contribution in [0.4, 0.5) is 4.79 Å². The van der Waals surface area contributed by atoms with Gasteiger partial charge in [0, 0.05) is 5.25 Å². The van der Waals surface area contributed by atoms with E-state index < -0.39 is 23.0 Å². The Bertz CT molecular complexity index is 511. The fourth-order valence-corrected chi connectivity index (χ4v) is 2.52. The predicted octanol–water partition coefficient (Wildman–Crippen LogP) is 3.72. The molecule has 6 heteroatoms. The van der Waals surface area contributed by atoms with Gasteiger partial charge in [-0.1, -0.05) is 44.2 Å². The number of ether oxygens (including phenoxy) is 2. The monoisotopic (exact) mass is 339 g/mol. The van der Waals surface area contributed by atoms with Gasteiger partial charge in [0.25, 0.3) is 0 Å². The summed E-state index contributed by atoms with van der Waals surface area (Å²) in [5, 5.41) is 1.93. The maximum absolute atomic E-state index is 12.2. The number of hydrogen-bond donors (Lipinski definition) is 1. The van der Waals surface area contributed by atoms with Crippen LogP contribution in [0.15, 0.2) is 30.3 Å². The van der Waals surface area contributed by atoms with Crippen LogP contribution in [0.2, 0.25) is 0 Å². The van der Waals surface area contributed by atoms with Crippen LogP contribution in [0.3, 0.4) is 0 Å². The van der Waals surface area contributed by atoms with Gasteiger partial charge in [-0.25, -0.2) is 9.59 Å². The van der Waals surface area contributed by atoms with Crippen molar-refractivity contribution in [2.75, 3.05) is 0 Å². The molecule has 0 saturated heterocycles. The van der Waals surface area contributed by atoms with Crippen LogP contribution >= 0.6 is 11.8 Å². The van der Waals surface area contributed by atoms with Crippen LogP contribution in [-0.2, 0) is 20.9 Å². The zero-order chi connectivity index (χ0) is 17.5. The number of benzene rings is 1. The summed E-state index contributed by atoms with van der Waals surface area (Å²) in [5.41, 5.74) is 0.274. The molecule has 0 bridgehead atoms. The normalized spacial score (nSPS) is 12.6. The number of carbonyl (C=O) groups is 2. The lowest BCUT2D eigenvalue weighted by molar-refractivity contribution is -0.154. The number of rotatable bonds is 6. The maximum atomic E-state index is 12.2. The largest absolute Gasteiger partial charge is 0.458 e. The molecule has 0 radical (unpaired) electrons. The molecule has 0 spiro atoms. The van der Waals surface area contributed by atoms with Gasteiger partial charge in [-0.3, -0.25) is 5.32 Å². The number of alkyl carbamates (subject to hydrolysis) is 1. The van der Waals surface area contributed by atoms with Crippen molar-refractivity contribution in [1.82, 2.24) is 5.32 Å². The minimum Gasteiger partial charge on any atom is -0.458 e. The highest BCUT2D eigenvalue weighted by Crippen LogP contribution is 2.19. The molecule has 5 nitrogen and oxygen atoms in total. The summed E-state index contributed by atoms with van der Waals surface area (Å²) in [6.45, 7) is 9.40. The van der Waals surface area contributed by atoms with Crippen LogP contribution in [0.1, 0.15) is 40.2 Å². The third-order valence-corrected chi connectivity index (χ3v) is 3.62. The van der Waals surface area contributed by atoms with E-state index in [1.54, 1.807) is 20.8 Å². The number of nitrogens with one attached hydrogen (secondary N) is 1. The van der Waals surface area contributed by atoms with Gasteiger partial charge in [-0.15, -0.1) is 11.8 Å². The Balaban J connectivity index is 2.58. The van der Waals surface area contributed by atoms with E-state index in [1.807, 2.05) is 44.2 Å². The molecule has 0 saturated carbocycles. The molecule has 0 fully saturated rings. The molecule has 0 heterocycles. The molecule has 1 rings (SSSR count). The number of thioether (sulfide) groups is 1. The Morgan fingerprint density at radius 2 is 1.78 bits per heavy atom. The van der Waals surface area contributed by atoms with Crippen LogP contribution in [0.25, 0.3) is 0 Å². The Morgan fingerprint density at radius 1 is 1.17 bits per heavy atom. The number of carbonyl (C=O) groups excluding carboxylic acids is 2. The molecule has 1 amide bonds. The average molecular weight is 339 g/mol. The first-order valence-corrected chi connectivity index (χ1v) is 8.47. The summed E-state index contributed by atoms with van der Waals surface area (Å²) in [5.74, 6) is -0.479. The van der Waals surface area contributed by atoms with Crippen molar-refractivity contribution in [2.24, 2.45) is 0 Å². The number of amides is 1. The van der Waals surface area contributed by atoms with Gasteiger partial charge in [0.1, 0.15) is 12.2 Å². The zero-order valence-electron chi connectivity index (χ0n) is 14.3. The lowest BCUT2D eigenvalue weighted by atomic mass is 10.2. The summed E-state index contributed by atoms with van der Waals surface area (Å²) in [6.07, 6.45) is -0.641. The zero-order valence-corrected chi connectivity index (χ0v) is 15.1. The molecule has 0 aliphatic rings. The minimum absolute atomic E-state index is 0.153. The molecule has 1 atom stereocenters. The molecule has 23 heavy (non-hydrogen) atoms. The van der Waals surface area contributed by atoms with E-state index in [4.69, 9.17) is 9.47 Å². The second-order valence-corrected chi connectivity index (χ2v) is 7.99. The summed E-state index contributed by atoms with van der Waals surface area (Å²) in [7, 11) is 0. The topological polar surface area (TPSA) is 64.6 Å². The summed E-state index contributed by atoms with van der Waals surface area (Å²) < 4.78 is 10.5. The van der Waals surface area contributed by atoms with E-state index in [0.29, 0.717) is 0 Å². The second kappa shape index (κ2) is 8.82. The van der Waals surface area contributed by atoms with Gasteiger partial charge in [-0.2, -0.15) is 0 Å². The van der Waals surface area contributed by atoms with Crippen molar-refractivity contribution in [3.8, 4) is 0 Å². The van der Waals surface area contributed by atoms with E-state index in [1.165, 1.54) is 11.8 Å². The smallest absolute Gasteiger partial charge is 0.408 e. The molecule has 0 aromatic heterocycles. The molecule has 1 aromatic rings. The van der Waals surface area contributed by atoms with E-state index >= 15 is 0 Å². The van der Waals surface area contributed by atoms with E-state index in [9.17, 15) is 9.59 Å². The summed E-state index contributed by atoms with van der Waals surface area (Å²) >= 11 is 1.31. The standard InChI is InChI=1S/C17H25NO4S/c1-12(2)23-14(15(19)22-17(3,4)5)18-16(20)21-11-13-9-7-6-8-10-13/h6-10,12,14H,11H2,1-5H3,(H,18,20). The molecule has 0 aliphatic carbocycles. The Morgan fingerprint density at radius 3 is 2.30 bits per heavy atom. The SMILES string of the molecule is CC(C)SC(NC(=O)OCc1ccccc1)C(=O)OC(C)(C)C. The van der Waals surface area contributed by atoms with Crippen molar-refractivity contribution in [2.45, 2.75) is 57.5 Å². The lowest BCUT2D eigenvalue weighted by Crippen LogP contribution is -2.43. The van der Waals surface area contributed by atoms with Crippen molar-refractivity contribution < 1.29 is 19.1 Å². The molecule has 1 aromatic carbocycles. The van der Waals surface area contributed by atoms with Crippen molar-refractivity contribution in [3.63, 3.8) is 0 Å². The van der Waals surface area contributed by atoms with Crippen molar-refractivity contribution >= 4 is 23.8 Å². The number of hydrogen-bond acceptors (Lipinski definition) is 5. The van der Waals surface area contributed by atoms with Gasteiger partial charge in [0.05, 0.1) is 0 Å². The summed E-state index contributed by atoms with van der Waals surface area (Å²) in [6, 6.07) is 9.35. The molecular weight excluding hydrogens is 314 g/mol. The van der Waals surface area contributed by atoms with Gasteiger partial charge >= 0.3 is 12.1 Å². The Kier molecular flexibility index (Phi) is 7.42. The van der Waals surface area contributed by atoms with E-state index in [-0.39, 0.29) is 11.9 Å². The predicted molar refractivity (Wildman–Crippen MR) is 92.1 cm³/mol. The van der Waals surface area contributed by atoms with Gasteiger partial charge in [-0.05, 0) is 26.3 Å². The molecule has 1 N–H and O–H groups in total. The molecular formula is C17H25NO4S. The van der Waals surface area contributed by atoms with E-state index in [0.717, 1.165) is 5.56 Å². The molecule has 1 unspecified atom stereocenters. The summed E-state index contributed by atoms with van der Waals surface area (Å²) in [4.78, 5) is 24.1. The average Bonchev–Trinajstić information content (AvgIpc) is 2.43. The highest BCUT2D eigenvalue weighted by atomic mass is 32.2. The lowest BCUT2D eigenvalue weighted by Gasteiger charge is -2.25. The Labute approximate surface area is 142 Å². The van der Waals surface area contributed by atoms with E-state index in [2.05, 4.69) is 5.32 Å². The third-order valence-electron chi connectivity index (χ3n) is 2.49. The first-order valence-electron chi connectivity index (χ1n) is 7.53. The van der Waals surface area contributed by atoms with Crippen LogP contribution in [0, 0.1) is 0 Å². The highest BCUT2D eigenvalue weighted by Gasteiger charge is 2.28. The minimum atomic E-state index is -0.794. The molecule has 128 valence electrons. The van der Waals surface area contributed by atoms with Gasteiger partial charge in [0.2, 0.25) is 0 Å². The fraction of sp³-hybridized carbons (Fsp3) is 0.529. The van der Waals surface area contributed by atoms with Crippen LogP contribution in [0.5, 0.6) is 0 Å². The Hall–Kier alpha value is -1.69. The van der Waals surface area contributed by atoms with Crippen LogP contribution < -0.4 is 5.32 Å². The van der Waals surface area contributed by atoms with Crippen molar-refractivity contribution in [1.29, 1.82) is 0 Å². The molecule has 0 aliphatic heterocycles.